The van der Waals surface area contributed by atoms with E-state index < -0.39 is 29.6 Å². The summed E-state index contributed by atoms with van der Waals surface area (Å²) in [7, 11) is 1.34. The SMILES string of the molecule is COC(CNC(=O)Cc1ccc(F)c(F)c1)CC(=O)O. The fourth-order valence-electron chi connectivity index (χ4n) is 1.56. The Balaban J connectivity index is 2.46. The van der Waals surface area contributed by atoms with Crippen LogP contribution in [0.15, 0.2) is 18.2 Å². The van der Waals surface area contributed by atoms with Gasteiger partial charge in [0.25, 0.3) is 0 Å². The molecule has 0 aromatic heterocycles. The Labute approximate surface area is 114 Å². The van der Waals surface area contributed by atoms with E-state index in [1.165, 1.54) is 13.2 Å². The highest BCUT2D eigenvalue weighted by Crippen LogP contribution is 2.09. The molecular formula is C13H15F2NO4. The van der Waals surface area contributed by atoms with Crippen molar-refractivity contribution >= 4 is 11.9 Å². The van der Waals surface area contributed by atoms with Crippen LogP contribution in [0.4, 0.5) is 8.78 Å². The molecule has 0 aliphatic rings. The second-order valence-corrected chi connectivity index (χ2v) is 4.18. The van der Waals surface area contributed by atoms with Crippen LogP contribution < -0.4 is 5.32 Å². The highest BCUT2D eigenvalue weighted by Gasteiger charge is 2.14. The molecule has 1 rings (SSSR count). The van der Waals surface area contributed by atoms with Crippen LogP contribution in [0.1, 0.15) is 12.0 Å². The quantitative estimate of drug-likeness (QED) is 0.788. The number of amides is 1. The highest BCUT2D eigenvalue weighted by molar-refractivity contribution is 5.78. The Kier molecular flexibility index (Phi) is 6.05. The topological polar surface area (TPSA) is 75.6 Å². The fourth-order valence-corrected chi connectivity index (χ4v) is 1.56. The van der Waals surface area contributed by atoms with Crippen molar-refractivity contribution in [2.75, 3.05) is 13.7 Å². The van der Waals surface area contributed by atoms with Gasteiger partial charge in [-0.3, -0.25) is 9.59 Å². The highest BCUT2D eigenvalue weighted by atomic mass is 19.2. The standard InChI is InChI=1S/C13H15F2NO4/c1-20-9(6-13(18)19)7-16-12(17)5-8-2-3-10(14)11(15)4-8/h2-4,9H,5-7H2,1H3,(H,16,17)(H,18,19). The molecule has 1 amide bonds. The van der Waals surface area contributed by atoms with Crippen molar-refractivity contribution < 1.29 is 28.2 Å². The summed E-state index contributed by atoms with van der Waals surface area (Å²) >= 11 is 0. The number of hydrogen-bond donors (Lipinski definition) is 2. The number of nitrogens with one attached hydrogen (secondary N) is 1. The van der Waals surface area contributed by atoms with E-state index in [1.54, 1.807) is 0 Å². The Morgan fingerprint density at radius 3 is 2.60 bits per heavy atom. The van der Waals surface area contributed by atoms with E-state index >= 15 is 0 Å². The smallest absolute Gasteiger partial charge is 0.306 e. The molecule has 0 saturated heterocycles. The molecule has 0 bridgehead atoms. The summed E-state index contributed by atoms with van der Waals surface area (Å²) in [6, 6.07) is 3.20. The molecule has 0 radical (unpaired) electrons. The summed E-state index contributed by atoms with van der Waals surface area (Å²) in [6.45, 7) is 0.0330. The van der Waals surface area contributed by atoms with Crippen molar-refractivity contribution in [3.63, 3.8) is 0 Å². The molecule has 1 aromatic carbocycles. The van der Waals surface area contributed by atoms with Crippen LogP contribution in [0, 0.1) is 11.6 Å². The molecule has 1 atom stereocenters. The molecule has 0 fully saturated rings. The molecule has 2 N–H and O–H groups in total. The van der Waals surface area contributed by atoms with E-state index in [0.29, 0.717) is 5.56 Å². The fraction of sp³-hybridized carbons (Fsp3) is 0.385. The Morgan fingerprint density at radius 1 is 1.35 bits per heavy atom. The van der Waals surface area contributed by atoms with Crippen molar-refractivity contribution in [1.82, 2.24) is 5.32 Å². The largest absolute Gasteiger partial charge is 0.481 e. The van der Waals surface area contributed by atoms with Gasteiger partial charge in [0, 0.05) is 13.7 Å². The molecule has 0 heterocycles. The van der Waals surface area contributed by atoms with E-state index in [1.807, 2.05) is 0 Å². The lowest BCUT2D eigenvalue weighted by Gasteiger charge is -2.14. The van der Waals surface area contributed by atoms with Crippen LogP contribution >= 0.6 is 0 Å². The third-order valence-electron chi connectivity index (χ3n) is 2.61. The number of carbonyl (C=O) groups is 2. The molecule has 1 aromatic rings. The van der Waals surface area contributed by atoms with Gasteiger partial charge < -0.3 is 15.2 Å². The van der Waals surface area contributed by atoms with Crippen molar-refractivity contribution in [1.29, 1.82) is 0 Å². The van der Waals surface area contributed by atoms with Crippen LogP contribution in [0.3, 0.4) is 0 Å². The van der Waals surface area contributed by atoms with E-state index in [-0.39, 0.29) is 19.4 Å². The van der Waals surface area contributed by atoms with Crippen LogP contribution in [0.25, 0.3) is 0 Å². The lowest BCUT2D eigenvalue weighted by atomic mass is 10.1. The van der Waals surface area contributed by atoms with Gasteiger partial charge >= 0.3 is 5.97 Å². The molecule has 1 unspecified atom stereocenters. The maximum Gasteiger partial charge on any atom is 0.306 e. The van der Waals surface area contributed by atoms with Crippen LogP contribution in [-0.2, 0) is 20.7 Å². The van der Waals surface area contributed by atoms with Crippen molar-refractivity contribution in [2.45, 2.75) is 18.9 Å². The monoisotopic (exact) mass is 287 g/mol. The first-order chi connectivity index (χ1) is 9.42. The molecule has 110 valence electrons. The number of ether oxygens (including phenoxy) is 1. The zero-order valence-corrected chi connectivity index (χ0v) is 10.9. The first-order valence-electron chi connectivity index (χ1n) is 5.87. The third-order valence-corrected chi connectivity index (χ3v) is 2.61. The number of carboxylic acids is 1. The summed E-state index contributed by atoms with van der Waals surface area (Å²) in [6.07, 6.45) is -0.996. The van der Waals surface area contributed by atoms with Crippen LogP contribution in [0.2, 0.25) is 0 Å². The minimum absolute atomic E-state index is 0.0330. The maximum absolute atomic E-state index is 12.9. The van der Waals surface area contributed by atoms with Crippen molar-refractivity contribution in [3.8, 4) is 0 Å². The predicted octanol–water partition coefficient (Wildman–Crippen LogP) is 1.11. The van der Waals surface area contributed by atoms with Crippen LogP contribution in [0.5, 0.6) is 0 Å². The van der Waals surface area contributed by atoms with Gasteiger partial charge in [-0.25, -0.2) is 8.78 Å². The minimum Gasteiger partial charge on any atom is -0.481 e. The molecule has 5 nitrogen and oxygen atoms in total. The van der Waals surface area contributed by atoms with E-state index in [9.17, 15) is 18.4 Å². The maximum atomic E-state index is 12.9. The van der Waals surface area contributed by atoms with Gasteiger partial charge in [0.15, 0.2) is 11.6 Å². The molecule has 20 heavy (non-hydrogen) atoms. The Bertz CT molecular complexity index is 493. The Hall–Kier alpha value is -2.02. The molecule has 0 aliphatic carbocycles. The van der Waals surface area contributed by atoms with Gasteiger partial charge in [-0.05, 0) is 17.7 Å². The van der Waals surface area contributed by atoms with Crippen molar-refractivity contribution in [3.05, 3.63) is 35.4 Å². The van der Waals surface area contributed by atoms with Crippen molar-refractivity contribution in [2.24, 2.45) is 0 Å². The summed E-state index contributed by atoms with van der Waals surface area (Å²) in [4.78, 5) is 22.1. The normalized spacial score (nSPS) is 11.9. The second kappa shape index (κ2) is 7.54. The van der Waals surface area contributed by atoms with Gasteiger partial charge in [0.2, 0.25) is 5.91 Å². The van der Waals surface area contributed by atoms with Gasteiger partial charge in [0.1, 0.15) is 0 Å². The van der Waals surface area contributed by atoms with E-state index in [2.05, 4.69) is 5.32 Å². The lowest BCUT2D eigenvalue weighted by molar-refractivity contribution is -0.140. The summed E-state index contributed by atoms with van der Waals surface area (Å²) in [5.74, 6) is -3.46. The molecular weight excluding hydrogens is 272 g/mol. The van der Waals surface area contributed by atoms with Crippen LogP contribution in [-0.4, -0.2) is 36.7 Å². The first kappa shape index (κ1) is 16.0. The lowest BCUT2D eigenvalue weighted by Crippen LogP contribution is -2.35. The molecule has 0 saturated carbocycles. The zero-order chi connectivity index (χ0) is 15.1. The molecule has 0 spiro atoms. The first-order valence-corrected chi connectivity index (χ1v) is 5.87. The van der Waals surface area contributed by atoms with Gasteiger partial charge in [-0.1, -0.05) is 6.07 Å². The number of benzene rings is 1. The second-order valence-electron chi connectivity index (χ2n) is 4.18. The third kappa shape index (κ3) is 5.31. The van der Waals surface area contributed by atoms with Gasteiger partial charge in [-0.15, -0.1) is 0 Å². The van der Waals surface area contributed by atoms with E-state index in [0.717, 1.165) is 12.1 Å². The average molecular weight is 287 g/mol. The van der Waals surface area contributed by atoms with E-state index in [4.69, 9.17) is 9.84 Å². The molecule has 7 heteroatoms. The number of rotatable bonds is 7. The zero-order valence-electron chi connectivity index (χ0n) is 10.9. The number of aliphatic carboxylic acids is 1. The predicted molar refractivity (Wildman–Crippen MR) is 66.1 cm³/mol. The van der Waals surface area contributed by atoms with Gasteiger partial charge in [0.05, 0.1) is 18.9 Å². The van der Waals surface area contributed by atoms with Gasteiger partial charge in [-0.2, -0.15) is 0 Å². The summed E-state index contributed by atoms with van der Waals surface area (Å²) in [5, 5.41) is 11.1. The number of methoxy groups -OCH3 is 1. The Morgan fingerprint density at radius 2 is 2.05 bits per heavy atom. The summed E-state index contributed by atoms with van der Waals surface area (Å²) in [5.41, 5.74) is 0.327. The minimum atomic E-state index is -1.04. The number of hydrogen-bond acceptors (Lipinski definition) is 3. The number of carbonyl (C=O) groups excluding carboxylic acids is 1. The molecule has 0 aliphatic heterocycles. The number of halogens is 2. The number of carboxylic acid groups (broad SMARTS) is 1. The summed E-state index contributed by atoms with van der Waals surface area (Å²) < 4.78 is 30.6. The average Bonchev–Trinajstić information content (AvgIpc) is 2.38.